The Morgan fingerprint density at radius 2 is 2.00 bits per heavy atom. The lowest BCUT2D eigenvalue weighted by atomic mass is 9.99. The fraction of sp³-hybridized carbons (Fsp3) is 0.154. The van der Waals surface area contributed by atoms with E-state index in [2.05, 4.69) is 6.07 Å². The second-order valence-corrected chi connectivity index (χ2v) is 3.72. The SMILES string of the molecule is Cc1cc(CC(=O)O)c2ccccc2c1. The predicted octanol–water partition coefficient (Wildman–Crippen LogP) is 2.78. The Balaban J connectivity index is 2.65. The monoisotopic (exact) mass is 200 g/mol. The highest BCUT2D eigenvalue weighted by molar-refractivity contribution is 5.89. The van der Waals surface area contributed by atoms with Crippen molar-refractivity contribution in [2.24, 2.45) is 0 Å². The minimum atomic E-state index is -0.786. The molecule has 0 unspecified atom stereocenters. The molecule has 2 aromatic carbocycles. The fourth-order valence-electron chi connectivity index (χ4n) is 1.86. The molecule has 2 aromatic rings. The van der Waals surface area contributed by atoms with Gasteiger partial charge >= 0.3 is 5.97 Å². The van der Waals surface area contributed by atoms with E-state index in [4.69, 9.17) is 5.11 Å². The van der Waals surface area contributed by atoms with E-state index in [1.807, 2.05) is 37.3 Å². The Hall–Kier alpha value is -1.83. The van der Waals surface area contributed by atoms with Crippen LogP contribution in [0.5, 0.6) is 0 Å². The van der Waals surface area contributed by atoms with Gasteiger partial charge in [-0.2, -0.15) is 0 Å². The molecule has 0 fully saturated rings. The van der Waals surface area contributed by atoms with Crippen LogP contribution in [0.3, 0.4) is 0 Å². The van der Waals surface area contributed by atoms with Crippen molar-refractivity contribution >= 4 is 16.7 Å². The number of carbonyl (C=O) groups is 1. The number of aliphatic carboxylic acids is 1. The van der Waals surface area contributed by atoms with Crippen molar-refractivity contribution in [3.8, 4) is 0 Å². The van der Waals surface area contributed by atoms with Gasteiger partial charge in [-0.05, 0) is 23.3 Å². The van der Waals surface area contributed by atoms with E-state index in [1.165, 1.54) is 0 Å². The molecule has 0 amide bonds. The third kappa shape index (κ3) is 1.99. The summed E-state index contributed by atoms with van der Waals surface area (Å²) >= 11 is 0. The Morgan fingerprint density at radius 3 is 2.73 bits per heavy atom. The summed E-state index contributed by atoms with van der Waals surface area (Å²) in [5.74, 6) is -0.786. The van der Waals surface area contributed by atoms with E-state index >= 15 is 0 Å². The quantitative estimate of drug-likeness (QED) is 0.809. The van der Waals surface area contributed by atoms with Gasteiger partial charge in [-0.25, -0.2) is 0 Å². The topological polar surface area (TPSA) is 37.3 Å². The van der Waals surface area contributed by atoms with Gasteiger partial charge < -0.3 is 5.11 Å². The van der Waals surface area contributed by atoms with Crippen LogP contribution in [0.4, 0.5) is 0 Å². The van der Waals surface area contributed by atoms with Crippen molar-refractivity contribution in [2.45, 2.75) is 13.3 Å². The highest BCUT2D eigenvalue weighted by atomic mass is 16.4. The molecule has 0 heterocycles. The van der Waals surface area contributed by atoms with Crippen LogP contribution in [0.2, 0.25) is 0 Å². The first kappa shape index (κ1) is 9.71. The van der Waals surface area contributed by atoms with Gasteiger partial charge in [0.15, 0.2) is 0 Å². The summed E-state index contributed by atoms with van der Waals surface area (Å²) in [7, 11) is 0. The van der Waals surface area contributed by atoms with E-state index in [0.29, 0.717) is 0 Å². The summed E-state index contributed by atoms with van der Waals surface area (Å²) in [5.41, 5.74) is 1.99. The zero-order valence-corrected chi connectivity index (χ0v) is 8.53. The zero-order valence-electron chi connectivity index (χ0n) is 8.53. The van der Waals surface area contributed by atoms with Crippen molar-refractivity contribution in [3.05, 3.63) is 47.5 Å². The van der Waals surface area contributed by atoms with E-state index in [1.54, 1.807) is 0 Å². The molecule has 76 valence electrons. The van der Waals surface area contributed by atoms with Gasteiger partial charge in [0.25, 0.3) is 0 Å². The van der Waals surface area contributed by atoms with Crippen molar-refractivity contribution in [2.75, 3.05) is 0 Å². The number of benzene rings is 2. The van der Waals surface area contributed by atoms with Gasteiger partial charge in [0.05, 0.1) is 6.42 Å². The highest BCUT2D eigenvalue weighted by Crippen LogP contribution is 2.21. The highest BCUT2D eigenvalue weighted by Gasteiger charge is 2.05. The zero-order chi connectivity index (χ0) is 10.8. The van der Waals surface area contributed by atoms with E-state index in [9.17, 15) is 4.79 Å². The lowest BCUT2D eigenvalue weighted by Gasteiger charge is -2.05. The molecule has 2 rings (SSSR count). The van der Waals surface area contributed by atoms with Gasteiger partial charge in [-0.15, -0.1) is 0 Å². The first-order valence-electron chi connectivity index (χ1n) is 4.87. The first-order valence-corrected chi connectivity index (χ1v) is 4.87. The largest absolute Gasteiger partial charge is 0.481 e. The van der Waals surface area contributed by atoms with Gasteiger partial charge in [0.2, 0.25) is 0 Å². The Labute approximate surface area is 88.2 Å². The summed E-state index contributed by atoms with van der Waals surface area (Å²) in [6.45, 7) is 1.98. The smallest absolute Gasteiger partial charge is 0.307 e. The molecule has 0 bridgehead atoms. The molecule has 0 aromatic heterocycles. The maximum Gasteiger partial charge on any atom is 0.307 e. The van der Waals surface area contributed by atoms with Crippen LogP contribution in [0, 0.1) is 6.92 Å². The second-order valence-electron chi connectivity index (χ2n) is 3.72. The second kappa shape index (κ2) is 3.73. The molecule has 0 aliphatic heterocycles. The van der Waals surface area contributed by atoms with Crippen LogP contribution in [0.25, 0.3) is 10.8 Å². The van der Waals surface area contributed by atoms with Crippen molar-refractivity contribution < 1.29 is 9.90 Å². The number of rotatable bonds is 2. The number of carboxylic acids is 1. The predicted molar refractivity (Wildman–Crippen MR) is 60.0 cm³/mol. The Bertz CT molecular complexity index is 515. The van der Waals surface area contributed by atoms with Crippen LogP contribution in [-0.4, -0.2) is 11.1 Å². The lowest BCUT2D eigenvalue weighted by molar-refractivity contribution is -0.136. The van der Waals surface area contributed by atoms with Crippen LogP contribution in [0.1, 0.15) is 11.1 Å². The summed E-state index contributed by atoms with van der Waals surface area (Å²) < 4.78 is 0. The molecule has 2 nitrogen and oxygen atoms in total. The molecular formula is C13H12O2. The summed E-state index contributed by atoms with van der Waals surface area (Å²) in [6.07, 6.45) is 0.0855. The molecule has 15 heavy (non-hydrogen) atoms. The third-order valence-electron chi connectivity index (χ3n) is 2.43. The molecule has 0 atom stereocenters. The van der Waals surface area contributed by atoms with Crippen LogP contribution >= 0.6 is 0 Å². The van der Waals surface area contributed by atoms with Gasteiger partial charge in [0.1, 0.15) is 0 Å². The molecule has 0 spiro atoms. The molecular weight excluding hydrogens is 188 g/mol. The van der Waals surface area contributed by atoms with Crippen LogP contribution in [0.15, 0.2) is 36.4 Å². The average Bonchev–Trinajstić information content (AvgIpc) is 2.16. The first-order chi connectivity index (χ1) is 7.16. The fourth-order valence-corrected chi connectivity index (χ4v) is 1.86. The minimum absolute atomic E-state index is 0.0855. The standard InChI is InChI=1S/C13H12O2/c1-9-6-10-4-2-3-5-12(10)11(7-9)8-13(14)15/h2-7H,8H2,1H3,(H,14,15). The van der Waals surface area contributed by atoms with Crippen molar-refractivity contribution in [1.82, 2.24) is 0 Å². The molecule has 0 radical (unpaired) electrons. The maximum atomic E-state index is 10.7. The maximum absolute atomic E-state index is 10.7. The number of fused-ring (bicyclic) bond motifs is 1. The van der Waals surface area contributed by atoms with Crippen LogP contribution < -0.4 is 0 Å². The Kier molecular flexibility index (Phi) is 2.42. The van der Waals surface area contributed by atoms with Crippen molar-refractivity contribution in [1.29, 1.82) is 0 Å². The molecule has 2 heteroatoms. The van der Waals surface area contributed by atoms with Crippen LogP contribution in [-0.2, 0) is 11.2 Å². The van der Waals surface area contributed by atoms with E-state index in [0.717, 1.165) is 21.9 Å². The minimum Gasteiger partial charge on any atom is -0.481 e. The normalized spacial score (nSPS) is 10.5. The number of hydrogen-bond acceptors (Lipinski definition) is 1. The number of aryl methyl sites for hydroxylation is 1. The lowest BCUT2D eigenvalue weighted by Crippen LogP contribution is -2.01. The Morgan fingerprint density at radius 1 is 1.27 bits per heavy atom. The van der Waals surface area contributed by atoms with Gasteiger partial charge in [-0.3, -0.25) is 4.79 Å². The molecule has 0 aliphatic carbocycles. The van der Waals surface area contributed by atoms with Gasteiger partial charge in [-0.1, -0.05) is 42.0 Å². The molecule has 0 saturated carbocycles. The summed E-state index contributed by atoms with van der Waals surface area (Å²) in [5, 5.41) is 11.0. The molecule has 1 N–H and O–H groups in total. The van der Waals surface area contributed by atoms with Crippen molar-refractivity contribution in [3.63, 3.8) is 0 Å². The molecule has 0 saturated heterocycles. The summed E-state index contributed by atoms with van der Waals surface area (Å²) in [4.78, 5) is 10.7. The van der Waals surface area contributed by atoms with Gasteiger partial charge in [0, 0.05) is 0 Å². The number of carboxylic acid groups (broad SMARTS) is 1. The third-order valence-corrected chi connectivity index (χ3v) is 2.43. The van der Waals surface area contributed by atoms with E-state index < -0.39 is 5.97 Å². The number of hydrogen-bond donors (Lipinski definition) is 1. The summed E-state index contributed by atoms with van der Waals surface area (Å²) in [6, 6.07) is 11.9. The average molecular weight is 200 g/mol. The molecule has 0 aliphatic rings. The van der Waals surface area contributed by atoms with E-state index in [-0.39, 0.29) is 6.42 Å².